The van der Waals surface area contributed by atoms with Crippen molar-refractivity contribution in [2.75, 3.05) is 17.3 Å². The Kier molecular flexibility index (Phi) is 4.99. The van der Waals surface area contributed by atoms with Crippen molar-refractivity contribution in [3.8, 4) is 11.3 Å². The van der Waals surface area contributed by atoms with Crippen LogP contribution in [0.3, 0.4) is 0 Å². The van der Waals surface area contributed by atoms with Gasteiger partial charge in [0, 0.05) is 23.2 Å². The fourth-order valence-electron chi connectivity index (χ4n) is 2.64. The third kappa shape index (κ3) is 4.54. The van der Waals surface area contributed by atoms with E-state index in [0.29, 0.717) is 12.4 Å². The molecule has 1 heterocycles. The molecule has 3 rings (SSSR count). The van der Waals surface area contributed by atoms with E-state index in [-0.39, 0.29) is 11.8 Å². The standard InChI is InChI=1S/C19H21N3O2S/c1-14(12-13-25(2,23)24)20-19-21-17-11-7-6-10-16(17)18(22-19)15-8-4-3-5-9-15/h3-11,14H,12-13H2,1-2H3,(H,20,21,22). The topological polar surface area (TPSA) is 72.0 Å². The summed E-state index contributed by atoms with van der Waals surface area (Å²) in [5, 5.41) is 4.22. The second-order valence-electron chi connectivity index (χ2n) is 6.24. The van der Waals surface area contributed by atoms with E-state index in [1.54, 1.807) is 0 Å². The van der Waals surface area contributed by atoms with Crippen LogP contribution < -0.4 is 5.32 Å². The monoisotopic (exact) mass is 355 g/mol. The van der Waals surface area contributed by atoms with Crippen LogP contribution in [0, 0.1) is 0 Å². The van der Waals surface area contributed by atoms with E-state index < -0.39 is 9.84 Å². The Labute approximate surface area is 148 Å². The molecule has 130 valence electrons. The summed E-state index contributed by atoms with van der Waals surface area (Å²) in [6, 6.07) is 17.8. The maximum absolute atomic E-state index is 11.3. The minimum absolute atomic E-state index is 0.0421. The van der Waals surface area contributed by atoms with Crippen LogP contribution in [-0.4, -0.2) is 36.4 Å². The average molecular weight is 355 g/mol. The number of hydrogen-bond acceptors (Lipinski definition) is 5. The Balaban J connectivity index is 1.94. The van der Waals surface area contributed by atoms with Crippen LogP contribution in [0.1, 0.15) is 13.3 Å². The molecule has 0 aliphatic carbocycles. The summed E-state index contributed by atoms with van der Waals surface area (Å²) >= 11 is 0. The van der Waals surface area contributed by atoms with Gasteiger partial charge in [-0.25, -0.2) is 18.4 Å². The van der Waals surface area contributed by atoms with Gasteiger partial charge in [-0.1, -0.05) is 48.5 Å². The zero-order valence-electron chi connectivity index (χ0n) is 14.3. The molecule has 25 heavy (non-hydrogen) atoms. The summed E-state index contributed by atoms with van der Waals surface area (Å²) in [5.74, 6) is 0.652. The lowest BCUT2D eigenvalue weighted by atomic mass is 10.1. The molecule has 1 N–H and O–H groups in total. The molecular weight excluding hydrogens is 334 g/mol. The average Bonchev–Trinajstić information content (AvgIpc) is 2.59. The highest BCUT2D eigenvalue weighted by molar-refractivity contribution is 7.90. The van der Waals surface area contributed by atoms with Gasteiger partial charge >= 0.3 is 0 Å². The fourth-order valence-corrected chi connectivity index (χ4v) is 3.42. The second kappa shape index (κ2) is 7.19. The number of sulfone groups is 1. The third-order valence-corrected chi connectivity index (χ3v) is 4.92. The number of rotatable bonds is 6. The van der Waals surface area contributed by atoms with Crippen molar-refractivity contribution in [3.63, 3.8) is 0 Å². The minimum atomic E-state index is -2.98. The van der Waals surface area contributed by atoms with Crippen molar-refractivity contribution in [2.24, 2.45) is 0 Å². The van der Waals surface area contributed by atoms with Gasteiger partial charge in [-0.3, -0.25) is 0 Å². The normalized spacial score (nSPS) is 12.9. The molecule has 6 heteroatoms. The van der Waals surface area contributed by atoms with Gasteiger partial charge in [-0.2, -0.15) is 0 Å². The van der Waals surface area contributed by atoms with Crippen molar-refractivity contribution in [1.82, 2.24) is 9.97 Å². The molecular formula is C19H21N3O2S. The molecule has 0 amide bonds. The number of benzene rings is 2. The largest absolute Gasteiger partial charge is 0.352 e. The molecule has 0 fully saturated rings. The number of nitrogens with one attached hydrogen (secondary N) is 1. The first-order chi connectivity index (χ1) is 11.9. The van der Waals surface area contributed by atoms with E-state index in [1.807, 2.05) is 61.5 Å². The Morgan fingerprint density at radius 2 is 1.68 bits per heavy atom. The summed E-state index contributed by atoms with van der Waals surface area (Å²) in [5.41, 5.74) is 2.74. The Bertz CT molecular complexity index is 972. The Hall–Kier alpha value is -2.47. The summed E-state index contributed by atoms with van der Waals surface area (Å²) in [6.07, 6.45) is 1.76. The highest BCUT2D eigenvalue weighted by Crippen LogP contribution is 2.27. The van der Waals surface area contributed by atoms with Crippen LogP contribution in [0.4, 0.5) is 5.95 Å². The van der Waals surface area contributed by atoms with Crippen LogP contribution in [0.2, 0.25) is 0 Å². The van der Waals surface area contributed by atoms with Gasteiger partial charge in [0.25, 0.3) is 0 Å². The third-order valence-electron chi connectivity index (χ3n) is 3.95. The zero-order valence-corrected chi connectivity index (χ0v) is 15.1. The zero-order chi connectivity index (χ0) is 17.9. The molecule has 0 saturated heterocycles. The molecule has 0 radical (unpaired) electrons. The molecule has 1 unspecified atom stereocenters. The Morgan fingerprint density at radius 3 is 2.40 bits per heavy atom. The molecule has 1 atom stereocenters. The number of para-hydroxylation sites is 1. The highest BCUT2D eigenvalue weighted by Gasteiger charge is 2.12. The van der Waals surface area contributed by atoms with Crippen molar-refractivity contribution >= 4 is 26.7 Å². The van der Waals surface area contributed by atoms with Gasteiger partial charge in [0.2, 0.25) is 5.95 Å². The van der Waals surface area contributed by atoms with Crippen molar-refractivity contribution in [3.05, 3.63) is 54.6 Å². The van der Waals surface area contributed by atoms with Gasteiger partial charge in [-0.05, 0) is 19.4 Å². The van der Waals surface area contributed by atoms with Gasteiger partial charge in [0.15, 0.2) is 0 Å². The van der Waals surface area contributed by atoms with Crippen LogP contribution in [-0.2, 0) is 9.84 Å². The lowest BCUT2D eigenvalue weighted by Crippen LogP contribution is -2.21. The van der Waals surface area contributed by atoms with Gasteiger partial charge in [0.05, 0.1) is 17.0 Å². The lowest BCUT2D eigenvalue weighted by Gasteiger charge is -2.15. The van der Waals surface area contributed by atoms with Gasteiger partial charge in [0.1, 0.15) is 9.84 Å². The number of nitrogens with zero attached hydrogens (tertiary/aromatic N) is 2. The van der Waals surface area contributed by atoms with E-state index in [0.717, 1.165) is 22.2 Å². The highest BCUT2D eigenvalue weighted by atomic mass is 32.2. The summed E-state index contributed by atoms with van der Waals surface area (Å²) in [6.45, 7) is 1.94. The molecule has 0 saturated carbocycles. The van der Waals surface area contributed by atoms with Gasteiger partial charge < -0.3 is 5.32 Å². The molecule has 1 aromatic heterocycles. The Morgan fingerprint density at radius 1 is 1.00 bits per heavy atom. The fraction of sp³-hybridized carbons (Fsp3) is 0.263. The van der Waals surface area contributed by atoms with Gasteiger partial charge in [-0.15, -0.1) is 0 Å². The number of aromatic nitrogens is 2. The molecule has 0 aliphatic heterocycles. The number of anilines is 1. The van der Waals surface area contributed by atoms with E-state index in [9.17, 15) is 8.42 Å². The predicted octanol–water partition coefficient (Wildman–Crippen LogP) is 3.53. The van der Waals surface area contributed by atoms with Crippen LogP contribution in [0.25, 0.3) is 22.2 Å². The first kappa shape index (κ1) is 17.4. The molecule has 0 spiro atoms. The molecule has 0 bridgehead atoms. The summed E-state index contributed by atoms with van der Waals surface area (Å²) in [4.78, 5) is 9.26. The van der Waals surface area contributed by atoms with E-state index in [2.05, 4.69) is 15.3 Å². The van der Waals surface area contributed by atoms with E-state index in [1.165, 1.54) is 6.26 Å². The smallest absolute Gasteiger partial charge is 0.224 e. The second-order valence-corrected chi connectivity index (χ2v) is 8.50. The number of hydrogen-bond donors (Lipinski definition) is 1. The lowest BCUT2D eigenvalue weighted by molar-refractivity contribution is 0.595. The number of fused-ring (bicyclic) bond motifs is 1. The van der Waals surface area contributed by atoms with Crippen molar-refractivity contribution < 1.29 is 8.42 Å². The predicted molar refractivity (Wildman–Crippen MR) is 102 cm³/mol. The van der Waals surface area contributed by atoms with Crippen LogP contribution in [0.5, 0.6) is 0 Å². The summed E-state index contributed by atoms with van der Waals surface area (Å²) in [7, 11) is -2.98. The molecule has 3 aromatic rings. The van der Waals surface area contributed by atoms with Crippen LogP contribution in [0.15, 0.2) is 54.6 Å². The first-order valence-electron chi connectivity index (χ1n) is 8.19. The molecule has 2 aromatic carbocycles. The first-order valence-corrected chi connectivity index (χ1v) is 10.2. The van der Waals surface area contributed by atoms with Crippen LogP contribution >= 0.6 is 0 Å². The summed E-state index contributed by atoms with van der Waals surface area (Å²) < 4.78 is 22.7. The van der Waals surface area contributed by atoms with E-state index in [4.69, 9.17) is 0 Å². The maximum Gasteiger partial charge on any atom is 0.224 e. The minimum Gasteiger partial charge on any atom is -0.352 e. The maximum atomic E-state index is 11.3. The SMILES string of the molecule is CC(CCS(C)(=O)=O)Nc1nc(-c2ccccc2)c2ccccc2n1. The van der Waals surface area contributed by atoms with Crippen molar-refractivity contribution in [2.45, 2.75) is 19.4 Å². The molecule has 5 nitrogen and oxygen atoms in total. The molecule has 0 aliphatic rings. The quantitative estimate of drug-likeness (QED) is 0.732. The van der Waals surface area contributed by atoms with Crippen molar-refractivity contribution in [1.29, 1.82) is 0 Å². The van der Waals surface area contributed by atoms with E-state index >= 15 is 0 Å².